The Bertz CT molecular complexity index is 848. The smallest absolute Gasteiger partial charge is 0.242 e. The number of amides is 2. The lowest BCUT2D eigenvalue weighted by atomic mass is 9.80. The van der Waals surface area contributed by atoms with Gasteiger partial charge in [-0.05, 0) is 61.6 Å². The number of carbonyl (C=O) groups is 2. The third-order valence-electron chi connectivity index (χ3n) is 7.12. The summed E-state index contributed by atoms with van der Waals surface area (Å²) in [4.78, 5) is 24.7. The summed E-state index contributed by atoms with van der Waals surface area (Å²) in [5, 5.41) is 16.3. The standard InChI is InChI=1S/C29H51N3O6/c1-18(2)22(14-21-10-11-26(37-8)27(15-21)38-13-9-12-36-7)16-24(30)25(33)17-23(19(3)4)29(35)32-20(5)28(34)31-6/h10-11,15,18-20,22-25,33H,9,12-14,16-17,30H2,1-8H3,(H,31,34)(H,32,35)/t20-,22-,23-,24-,25-/m0/s1. The Morgan fingerprint density at radius 3 is 2.21 bits per heavy atom. The molecule has 5 atom stereocenters. The van der Waals surface area contributed by atoms with Gasteiger partial charge in [-0.15, -0.1) is 0 Å². The summed E-state index contributed by atoms with van der Waals surface area (Å²) in [6, 6.07) is 4.82. The van der Waals surface area contributed by atoms with Crippen LogP contribution in [0.4, 0.5) is 0 Å². The maximum absolute atomic E-state index is 12.9. The van der Waals surface area contributed by atoms with E-state index in [9.17, 15) is 14.7 Å². The lowest BCUT2D eigenvalue weighted by Gasteiger charge is -2.30. The van der Waals surface area contributed by atoms with Crippen LogP contribution in [-0.2, 0) is 20.7 Å². The number of ether oxygens (including phenoxy) is 3. The largest absolute Gasteiger partial charge is 0.493 e. The van der Waals surface area contributed by atoms with Gasteiger partial charge in [-0.3, -0.25) is 9.59 Å². The lowest BCUT2D eigenvalue weighted by Crippen LogP contribution is -2.48. The Hall–Kier alpha value is -2.36. The molecule has 1 aromatic rings. The van der Waals surface area contributed by atoms with Crippen molar-refractivity contribution in [3.05, 3.63) is 23.8 Å². The minimum absolute atomic E-state index is 0.0174. The zero-order valence-electron chi connectivity index (χ0n) is 24.6. The van der Waals surface area contributed by atoms with E-state index in [0.29, 0.717) is 37.1 Å². The number of hydrogen-bond acceptors (Lipinski definition) is 7. The predicted molar refractivity (Wildman–Crippen MR) is 150 cm³/mol. The van der Waals surface area contributed by atoms with E-state index >= 15 is 0 Å². The maximum atomic E-state index is 12.9. The quantitative estimate of drug-likeness (QED) is 0.212. The van der Waals surface area contributed by atoms with Crippen molar-refractivity contribution in [2.45, 2.75) is 78.5 Å². The van der Waals surface area contributed by atoms with Gasteiger partial charge in [0.05, 0.1) is 19.8 Å². The first-order valence-corrected chi connectivity index (χ1v) is 13.7. The summed E-state index contributed by atoms with van der Waals surface area (Å²) in [5.74, 6) is 0.941. The van der Waals surface area contributed by atoms with Gasteiger partial charge in [0.25, 0.3) is 0 Å². The molecule has 0 saturated carbocycles. The van der Waals surface area contributed by atoms with Gasteiger partial charge in [0, 0.05) is 39.1 Å². The molecule has 0 aromatic heterocycles. The molecule has 0 fully saturated rings. The van der Waals surface area contributed by atoms with Crippen molar-refractivity contribution in [2.24, 2.45) is 29.4 Å². The van der Waals surface area contributed by atoms with Crippen molar-refractivity contribution >= 4 is 11.8 Å². The fraction of sp³-hybridized carbons (Fsp3) is 0.724. The summed E-state index contributed by atoms with van der Waals surface area (Å²) in [7, 11) is 4.82. The Morgan fingerprint density at radius 2 is 1.66 bits per heavy atom. The van der Waals surface area contributed by atoms with Gasteiger partial charge in [0.15, 0.2) is 11.5 Å². The highest BCUT2D eigenvalue weighted by Crippen LogP contribution is 2.31. The van der Waals surface area contributed by atoms with Gasteiger partial charge in [0.2, 0.25) is 11.8 Å². The van der Waals surface area contributed by atoms with Crippen molar-refractivity contribution in [1.82, 2.24) is 10.6 Å². The monoisotopic (exact) mass is 537 g/mol. The Morgan fingerprint density at radius 1 is 0.974 bits per heavy atom. The first-order chi connectivity index (χ1) is 17.9. The van der Waals surface area contributed by atoms with Gasteiger partial charge in [-0.2, -0.15) is 0 Å². The molecule has 0 heterocycles. The highest BCUT2D eigenvalue weighted by molar-refractivity contribution is 5.88. The highest BCUT2D eigenvalue weighted by atomic mass is 16.5. The number of carbonyl (C=O) groups excluding carboxylic acids is 2. The van der Waals surface area contributed by atoms with E-state index < -0.39 is 24.1 Å². The van der Waals surface area contributed by atoms with E-state index in [4.69, 9.17) is 19.9 Å². The van der Waals surface area contributed by atoms with Crippen LogP contribution in [0.3, 0.4) is 0 Å². The normalized spacial score (nSPS) is 15.5. The summed E-state index contributed by atoms with van der Waals surface area (Å²) >= 11 is 0. The van der Waals surface area contributed by atoms with E-state index in [1.54, 1.807) is 21.1 Å². The summed E-state index contributed by atoms with van der Waals surface area (Å²) in [6.07, 6.45) is 1.55. The van der Waals surface area contributed by atoms with Crippen LogP contribution >= 0.6 is 0 Å². The summed E-state index contributed by atoms with van der Waals surface area (Å²) < 4.78 is 16.5. The van der Waals surface area contributed by atoms with E-state index in [1.165, 1.54) is 7.05 Å². The molecular weight excluding hydrogens is 486 g/mol. The minimum Gasteiger partial charge on any atom is -0.493 e. The Labute approximate surface area is 229 Å². The van der Waals surface area contributed by atoms with Crippen LogP contribution in [0.15, 0.2) is 18.2 Å². The van der Waals surface area contributed by atoms with Gasteiger partial charge in [-0.25, -0.2) is 0 Å². The molecule has 2 amide bonds. The van der Waals surface area contributed by atoms with Crippen LogP contribution in [-0.4, -0.2) is 69.6 Å². The van der Waals surface area contributed by atoms with Crippen molar-refractivity contribution in [1.29, 1.82) is 0 Å². The summed E-state index contributed by atoms with van der Waals surface area (Å²) in [6.45, 7) is 11.0. The maximum Gasteiger partial charge on any atom is 0.242 e. The second kappa shape index (κ2) is 17.3. The number of hydrogen-bond donors (Lipinski definition) is 4. The molecule has 9 nitrogen and oxygen atoms in total. The topological polar surface area (TPSA) is 132 Å². The molecule has 0 radical (unpaired) electrons. The van der Waals surface area contributed by atoms with Gasteiger partial charge in [0.1, 0.15) is 6.04 Å². The van der Waals surface area contributed by atoms with Crippen LogP contribution in [0.5, 0.6) is 11.5 Å². The number of methoxy groups -OCH3 is 2. The number of nitrogens with two attached hydrogens (primary N) is 1. The molecule has 5 N–H and O–H groups in total. The second-order valence-electron chi connectivity index (χ2n) is 10.8. The third kappa shape index (κ3) is 11.2. The Balaban J connectivity index is 2.88. The number of benzene rings is 1. The van der Waals surface area contributed by atoms with Gasteiger partial charge < -0.3 is 35.7 Å². The predicted octanol–water partition coefficient (Wildman–Crippen LogP) is 2.92. The Kier molecular flexibility index (Phi) is 15.3. The molecule has 0 saturated heterocycles. The van der Waals surface area contributed by atoms with E-state index in [2.05, 4.69) is 24.5 Å². The van der Waals surface area contributed by atoms with E-state index in [0.717, 1.165) is 18.4 Å². The summed E-state index contributed by atoms with van der Waals surface area (Å²) in [5.41, 5.74) is 7.60. The number of likely N-dealkylation sites (N-methyl/N-ethyl adjacent to an activating group) is 1. The minimum atomic E-state index is -0.847. The average Bonchev–Trinajstić information content (AvgIpc) is 2.88. The van der Waals surface area contributed by atoms with E-state index in [-0.39, 0.29) is 30.1 Å². The molecule has 0 aliphatic carbocycles. The SMILES string of the molecule is CNC(=O)[C@H](C)NC(=O)[C@@H](C[C@H](O)[C@@H](N)C[C@H](Cc1ccc(OC)c(OCCCOC)c1)C(C)C)C(C)C. The fourth-order valence-electron chi connectivity index (χ4n) is 4.47. The molecule has 0 bridgehead atoms. The van der Waals surface area contributed by atoms with E-state index in [1.807, 2.05) is 32.0 Å². The van der Waals surface area contributed by atoms with Crippen molar-refractivity contribution in [3.63, 3.8) is 0 Å². The molecule has 9 heteroatoms. The average molecular weight is 538 g/mol. The van der Waals surface area contributed by atoms with Crippen molar-refractivity contribution < 1.29 is 28.9 Å². The van der Waals surface area contributed by atoms with Crippen LogP contribution < -0.4 is 25.8 Å². The fourth-order valence-corrected chi connectivity index (χ4v) is 4.47. The number of aliphatic hydroxyl groups excluding tert-OH is 1. The zero-order valence-corrected chi connectivity index (χ0v) is 24.6. The molecule has 1 aromatic carbocycles. The first-order valence-electron chi connectivity index (χ1n) is 13.7. The number of nitrogens with one attached hydrogen (secondary N) is 2. The highest BCUT2D eigenvalue weighted by Gasteiger charge is 2.31. The molecule has 0 spiro atoms. The van der Waals surface area contributed by atoms with Crippen LogP contribution in [0.2, 0.25) is 0 Å². The number of rotatable bonds is 18. The van der Waals surface area contributed by atoms with Crippen LogP contribution in [0, 0.1) is 23.7 Å². The van der Waals surface area contributed by atoms with Gasteiger partial charge >= 0.3 is 0 Å². The number of aliphatic hydroxyl groups is 1. The third-order valence-corrected chi connectivity index (χ3v) is 7.12. The second-order valence-corrected chi connectivity index (χ2v) is 10.8. The lowest BCUT2D eigenvalue weighted by molar-refractivity contribution is -0.132. The molecule has 38 heavy (non-hydrogen) atoms. The molecule has 0 aliphatic heterocycles. The van der Waals surface area contributed by atoms with Crippen LogP contribution in [0.25, 0.3) is 0 Å². The van der Waals surface area contributed by atoms with Crippen LogP contribution in [0.1, 0.15) is 59.4 Å². The molecule has 1 rings (SSSR count). The van der Waals surface area contributed by atoms with Crippen molar-refractivity contribution in [2.75, 3.05) is 34.5 Å². The molecule has 0 aliphatic rings. The zero-order chi connectivity index (χ0) is 28.8. The molecule has 0 unspecified atom stereocenters. The van der Waals surface area contributed by atoms with Crippen molar-refractivity contribution in [3.8, 4) is 11.5 Å². The molecule has 218 valence electrons. The molecular formula is C29H51N3O6. The first kappa shape index (κ1) is 33.7. The van der Waals surface area contributed by atoms with Gasteiger partial charge in [-0.1, -0.05) is 33.8 Å².